The van der Waals surface area contributed by atoms with Crippen LogP contribution in [0.5, 0.6) is 0 Å². The summed E-state index contributed by atoms with van der Waals surface area (Å²) in [4.78, 5) is 1.28. The number of halogens is 1. The van der Waals surface area contributed by atoms with Gasteiger partial charge in [0.2, 0.25) is 0 Å². The van der Waals surface area contributed by atoms with E-state index in [2.05, 4.69) is 25.1 Å². The number of anilines is 1. The molecule has 0 amide bonds. The van der Waals surface area contributed by atoms with Crippen LogP contribution < -0.4 is 5.73 Å². The monoisotopic (exact) mass is 263 g/mol. The summed E-state index contributed by atoms with van der Waals surface area (Å²) >= 11 is 7.75. The van der Waals surface area contributed by atoms with Crippen LogP contribution in [0.4, 0.5) is 5.69 Å². The molecule has 0 fully saturated rings. The molecule has 0 aliphatic rings. The molecule has 0 spiro atoms. The summed E-state index contributed by atoms with van der Waals surface area (Å²) in [6.45, 7) is 2.11. The van der Waals surface area contributed by atoms with Crippen molar-refractivity contribution in [1.82, 2.24) is 0 Å². The summed E-state index contributed by atoms with van der Waals surface area (Å²) in [5.74, 6) is 0.844. The van der Waals surface area contributed by atoms with Crippen LogP contribution in [-0.2, 0) is 5.75 Å². The molecule has 0 aliphatic carbocycles. The van der Waals surface area contributed by atoms with Gasteiger partial charge in [-0.3, -0.25) is 0 Å². The maximum Gasteiger partial charge on any atom is 0.0410 e. The van der Waals surface area contributed by atoms with Gasteiger partial charge in [0.15, 0.2) is 0 Å². The predicted octanol–water partition coefficient (Wildman–Crippen LogP) is 4.52. The van der Waals surface area contributed by atoms with Crippen LogP contribution >= 0.6 is 23.4 Å². The highest BCUT2D eigenvalue weighted by molar-refractivity contribution is 7.98. The minimum Gasteiger partial charge on any atom is -0.398 e. The first-order valence-electron chi connectivity index (χ1n) is 5.39. The number of aryl methyl sites for hydroxylation is 1. The summed E-state index contributed by atoms with van der Waals surface area (Å²) in [5, 5.41) is 0.736. The lowest BCUT2D eigenvalue weighted by Gasteiger charge is -2.08. The van der Waals surface area contributed by atoms with Crippen LogP contribution in [-0.4, -0.2) is 0 Å². The van der Waals surface area contributed by atoms with Crippen molar-refractivity contribution in [3.05, 3.63) is 58.6 Å². The number of nitrogens with two attached hydrogens (primary N) is 1. The molecule has 3 heteroatoms. The average Bonchev–Trinajstić information content (AvgIpc) is 2.32. The minimum atomic E-state index is 0.736. The van der Waals surface area contributed by atoms with Crippen molar-refractivity contribution in [2.45, 2.75) is 17.6 Å². The van der Waals surface area contributed by atoms with Gasteiger partial charge in [0.25, 0.3) is 0 Å². The number of benzene rings is 2. The first-order chi connectivity index (χ1) is 8.16. The van der Waals surface area contributed by atoms with E-state index in [4.69, 9.17) is 17.3 Å². The molecule has 1 nitrogen and oxygen atoms in total. The molecule has 0 saturated carbocycles. The molecule has 2 rings (SSSR count). The number of rotatable bonds is 3. The summed E-state index contributed by atoms with van der Waals surface area (Å²) in [5.41, 5.74) is 9.10. The Morgan fingerprint density at radius 2 is 1.94 bits per heavy atom. The van der Waals surface area contributed by atoms with E-state index >= 15 is 0 Å². The van der Waals surface area contributed by atoms with E-state index in [-0.39, 0.29) is 0 Å². The fraction of sp³-hybridized carbons (Fsp3) is 0.143. The van der Waals surface area contributed by atoms with E-state index in [1.807, 2.05) is 24.3 Å². The first kappa shape index (κ1) is 12.3. The van der Waals surface area contributed by atoms with Crippen molar-refractivity contribution < 1.29 is 0 Å². The van der Waals surface area contributed by atoms with Crippen LogP contribution in [0.15, 0.2) is 47.4 Å². The molecule has 0 bridgehead atoms. The van der Waals surface area contributed by atoms with Crippen molar-refractivity contribution in [1.29, 1.82) is 0 Å². The molecular formula is C14H14ClNS. The van der Waals surface area contributed by atoms with Gasteiger partial charge < -0.3 is 5.73 Å². The van der Waals surface area contributed by atoms with Gasteiger partial charge in [0, 0.05) is 21.4 Å². The minimum absolute atomic E-state index is 0.736. The molecule has 0 unspecified atom stereocenters. The molecule has 0 saturated heterocycles. The zero-order valence-electron chi connectivity index (χ0n) is 9.61. The molecule has 0 radical (unpaired) electrons. The summed E-state index contributed by atoms with van der Waals surface area (Å²) in [7, 11) is 0. The number of thioether (sulfide) groups is 1. The van der Waals surface area contributed by atoms with Crippen molar-refractivity contribution in [2.24, 2.45) is 0 Å². The third-order valence-electron chi connectivity index (χ3n) is 2.58. The highest BCUT2D eigenvalue weighted by Gasteiger charge is 2.03. The van der Waals surface area contributed by atoms with Gasteiger partial charge in [-0.25, -0.2) is 0 Å². The maximum absolute atomic E-state index is 5.97. The van der Waals surface area contributed by atoms with E-state index < -0.39 is 0 Å². The molecule has 0 aromatic heterocycles. The second-order valence-electron chi connectivity index (χ2n) is 3.90. The Bertz CT molecular complexity index is 525. The fourth-order valence-corrected chi connectivity index (χ4v) is 2.80. The lowest BCUT2D eigenvalue weighted by atomic mass is 10.2. The SMILES string of the molecule is Cc1ccccc1SCc1cc(Cl)ccc1N. The Kier molecular flexibility index (Phi) is 3.97. The largest absolute Gasteiger partial charge is 0.398 e. The molecular weight excluding hydrogens is 250 g/mol. The van der Waals surface area contributed by atoms with Gasteiger partial charge in [0.05, 0.1) is 0 Å². The lowest BCUT2D eigenvalue weighted by molar-refractivity contribution is 1.29. The van der Waals surface area contributed by atoms with E-state index in [1.165, 1.54) is 10.5 Å². The highest BCUT2D eigenvalue weighted by atomic mass is 35.5. The van der Waals surface area contributed by atoms with Gasteiger partial charge in [0.1, 0.15) is 0 Å². The zero-order valence-corrected chi connectivity index (χ0v) is 11.2. The van der Waals surface area contributed by atoms with Crippen molar-refractivity contribution in [3.8, 4) is 0 Å². The summed E-state index contributed by atoms with van der Waals surface area (Å²) in [6, 6.07) is 13.9. The molecule has 2 aromatic carbocycles. The Morgan fingerprint density at radius 3 is 2.71 bits per heavy atom. The van der Waals surface area contributed by atoms with Gasteiger partial charge in [-0.15, -0.1) is 11.8 Å². The van der Waals surface area contributed by atoms with Gasteiger partial charge >= 0.3 is 0 Å². The van der Waals surface area contributed by atoms with Gasteiger partial charge in [-0.1, -0.05) is 29.8 Å². The second-order valence-corrected chi connectivity index (χ2v) is 5.35. The molecule has 2 aromatic rings. The Hall–Kier alpha value is -1.12. The number of hydrogen-bond donors (Lipinski definition) is 1. The second kappa shape index (κ2) is 5.48. The zero-order chi connectivity index (χ0) is 12.3. The third-order valence-corrected chi connectivity index (χ3v) is 4.04. The van der Waals surface area contributed by atoms with Crippen molar-refractivity contribution in [3.63, 3.8) is 0 Å². The first-order valence-corrected chi connectivity index (χ1v) is 6.75. The Labute approximate surface area is 111 Å². The Balaban J connectivity index is 2.12. The number of hydrogen-bond acceptors (Lipinski definition) is 2. The van der Waals surface area contributed by atoms with Crippen molar-refractivity contribution in [2.75, 3.05) is 5.73 Å². The lowest BCUT2D eigenvalue weighted by Crippen LogP contribution is -1.92. The van der Waals surface area contributed by atoms with E-state index in [9.17, 15) is 0 Å². The normalized spacial score (nSPS) is 10.5. The molecule has 0 heterocycles. The van der Waals surface area contributed by atoms with E-state index in [1.54, 1.807) is 11.8 Å². The maximum atomic E-state index is 5.97. The van der Waals surface area contributed by atoms with Crippen molar-refractivity contribution >= 4 is 29.1 Å². The van der Waals surface area contributed by atoms with Crippen LogP contribution in [0.25, 0.3) is 0 Å². The van der Waals surface area contributed by atoms with Crippen LogP contribution in [0.2, 0.25) is 5.02 Å². The molecule has 0 aliphatic heterocycles. The van der Waals surface area contributed by atoms with Gasteiger partial charge in [-0.05, 0) is 42.3 Å². The quantitative estimate of drug-likeness (QED) is 0.651. The smallest absolute Gasteiger partial charge is 0.0410 e. The van der Waals surface area contributed by atoms with Crippen LogP contribution in [0.3, 0.4) is 0 Å². The molecule has 17 heavy (non-hydrogen) atoms. The summed E-state index contributed by atoms with van der Waals surface area (Å²) < 4.78 is 0. The molecule has 88 valence electrons. The molecule has 0 atom stereocenters. The third kappa shape index (κ3) is 3.18. The van der Waals surface area contributed by atoms with E-state index in [0.29, 0.717) is 0 Å². The summed E-state index contributed by atoms with van der Waals surface area (Å²) in [6.07, 6.45) is 0. The van der Waals surface area contributed by atoms with Gasteiger partial charge in [-0.2, -0.15) is 0 Å². The average molecular weight is 264 g/mol. The Morgan fingerprint density at radius 1 is 1.18 bits per heavy atom. The highest BCUT2D eigenvalue weighted by Crippen LogP contribution is 2.29. The van der Waals surface area contributed by atoms with E-state index in [0.717, 1.165) is 22.0 Å². The number of nitrogen functional groups attached to an aromatic ring is 1. The fourth-order valence-electron chi connectivity index (χ4n) is 1.57. The predicted molar refractivity (Wildman–Crippen MR) is 76.6 cm³/mol. The van der Waals surface area contributed by atoms with Crippen LogP contribution in [0.1, 0.15) is 11.1 Å². The standard InChI is InChI=1S/C14H14ClNS/c1-10-4-2-3-5-14(10)17-9-11-8-12(15)6-7-13(11)16/h2-8H,9,16H2,1H3. The molecule has 2 N–H and O–H groups in total. The van der Waals surface area contributed by atoms with Crippen LogP contribution in [0, 0.1) is 6.92 Å². The topological polar surface area (TPSA) is 26.0 Å².